The molecule has 0 bridgehead atoms. The summed E-state index contributed by atoms with van der Waals surface area (Å²) < 4.78 is 21.8. The number of guanidine groups is 1. The van der Waals surface area contributed by atoms with Crippen molar-refractivity contribution < 1.29 is 18.9 Å². The normalized spacial score (nSPS) is 11.0. The first-order chi connectivity index (χ1) is 14.1. The molecule has 0 aliphatic rings. The summed E-state index contributed by atoms with van der Waals surface area (Å²) in [5.41, 5.74) is 1.95. The molecule has 0 unspecified atom stereocenters. The molecule has 8 heteroatoms. The van der Waals surface area contributed by atoms with Crippen molar-refractivity contribution in [3.05, 3.63) is 46.5 Å². The third-order valence-corrected chi connectivity index (χ3v) is 4.42. The van der Waals surface area contributed by atoms with E-state index in [9.17, 15) is 0 Å². The average Bonchev–Trinajstić information content (AvgIpc) is 2.74. The van der Waals surface area contributed by atoms with Gasteiger partial charge in [-0.3, -0.25) is 4.99 Å². The van der Waals surface area contributed by atoms with Gasteiger partial charge in [-0.25, -0.2) is 0 Å². The van der Waals surface area contributed by atoms with E-state index in [1.54, 1.807) is 28.4 Å². The minimum absolute atomic E-state index is 0.523. The lowest BCUT2D eigenvalue weighted by molar-refractivity contribution is 0.323. The van der Waals surface area contributed by atoms with Crippen LogP contribution in [0.2, 0.25) is 5.02 Å². The van der Waals surface area contributed by atoms with Crippen LogP contribution in [0.25, 0.3) is 0 Å². The maximum absolute atomic E-state index is 6.07. The first-order valence-corrected chi connectivity index (χ1v) is 9.58. The monoisotopic (exact) mass is 421 g/mol. The molecule has 7 nitrogen and oxygen atoms in total. The van der Waals surface area contributed by atoms with Crippen LogP contribution in [-0.4, -0.2) is 40.9 Å². The molecule has 0 spiro atoms. The molecule has 0 amide bonds. The summed E-state index contributed by atoms with van der Waals surface area (Å²) in [6, 6.07) is 9.39. The van der Waals surface area contributed by atoms with Gasteiger partial charge in [0.25, 0.3) is 0 Å². The predicted molar refractivity (Wildman–Crippen MR) is 116 cm³/mol. The Kier molecular flexibility index (Phi) is 8.73. The summed E-state index contributed by atoms with van der Waals surface area (Å²) in [6.07, 6.45) is 0. The average molecular weight is 422 g/mol. The summed E-state index contributed by atoms with van der Waals surface area (Å²) in [7, 11) is 6.49. The third kappa shape index (κ3) is 6.09. The summed E-state index contributed by atoms with van der Waals surface area (Å²) in [5, 5.41) is 7.20. The Morgan fingerprint density at radius 1 is 0.931 bits per heavy atom. The number of nitrogens with one attached hydrogen (secondary N) is 2. The van der Waals surface area contributed by atoms with Crippen molar-refractivity contribution in [2.45, 2.75) is 20.0 Å². The van der Waals surface area contributed by atoms with E-state index >= 15 is 0 Å². The fraction of sp³-hybridized carbons (Fsp3) is 0.381. The molecule has 0 saturated heterocycles. The number of hydrogen-bond donors (Lipinski definition) is 2. The largest absolute Gasteiger partial charge is 0.493 e. The van der Waals surface area contributed by atoms with Crippen molar-refractivity contribution in [2.75, 3.05) is 35.0 Å². The molecule has 0 radical (unpaired) electrons. The zero-order valence-electron chi connectivity index (χ0n) is 17.5. The van der Waals surface area contributed by atoms with Gasteiger partial charge in [-0.15, -0.1) is 0 Å². The van der Waals surface area contributed by atoms with Crippen LogP contribution >= 0.6 is 11.6 Å². The van der Waals surface area contributed by atoms with Crippen molar-refractivity contribution in [1.82, 2.24) is 10.6 Å². The number of ether oxygens (including phenoxy) is 4. The standard InChI is InChI=1S/C21H28ClN3O4/c1-6-29-17-11-16(22)8-7-15(17)13-25-21(23-2)24-12-14-9-18(26-3)20(28-5)19(10-14)27-4/h7-11H,6,12-13H2,1-5H3,(H2,23,24,25). The molecule has 2 rings (SSSR count). The number of hydrogen-bond acceptors (Lipinski definition) is 5. The molecule has 0 saturated carbocycles. The first kappa shape index (κ1) is 22.5. The molecule has 2 aromatic carbocycles. The highest BCUT2D eigenvalue weighted by atomic mass is 35.5. The Bertz CT molecular complexity index is 818. The van der Waals surface area contributed by atoms with Crippen molar-refractivity contribution in [3.63, 3.8) is 0 Å². The maximum atomic E-state index is 6.07. The van der Waals surface area contributed by atoms with E-state index in [1.807, 2.05) is 37.3 Å². The summed E-state index contributed by atoms with van der Waals surface area (Å²) in [6.45, 7) is 3.58. The van der Waals surface area contributed by atoms with Crippen molar-refractivity contribution in [3.8, 4) is 23.0 Å². The Morgan fingerprint density at radius 2 is 1.59 bits per heavy atom. The zero-order chi connectivity index (χ0) is 21.2. The number of halogens is 1. The highest BCUT2D eigenvalue weighted by Crippen LogP contribution is 2.38. The number of benzene rings is 2. The van der Waals surface area contributed by atoms with Gasteiger partial charge in [0.05, 0.1) is 27.9 Å². The first-order valence-electron chi connectivity index (χ1n) is 9.20. The molecular weight excluding hydrogens is 394 g/mol. The van der Waals surface area contributed by atoms with E-state index in [2.05, 4.69) is 15.6 Å². The third-order valence-electron chi connectivity index (χ3n) is 4.18. The zero-order valence-corrected chi connectivity index (χ0v) is 18.2. The van der Waals surface area contributed by atoms with Crippen molar-refractivity contribution >= 4 is 17.6 Å². The molecule has 0 aliphatic carbocycles. The van der Waals surface area contributed by atoms with Crippen LogP contribution in [-0.2, 0) is 13.1 Å². The minimum atomic E-state index is 0.523. The number of aliphatic imine (C=N–C) groups is 1. The highest BCUT2D eigenvalue weighted by Gasteiger charge is 2.13. The van der Waals surface area contributed by atoms with Crippen LogP contribution in [0.4, 0.5) is 0 Å². The Balaban J connectivity index is 2.05. The van der Waals surface area contributed by atoms with E-state index in [0.29, 0.717) is 47.9 Å². The lowest BCUT2D eigenvalue weighted by atomic mass is 10.1. The van der Waals surface area contributed by atoms with Gasteiger partial charge in [-0.1, -0.05) is 17.7 Å². The molecule has 2 aromatic rings. The maximum Gasteiger partial charge on any atom is 0.203 e. The lowest BCUT2D eigenvalue weighted by Gasteiger charge is -2.16. The van der Waals surface area contributed by atoms with Crippen LogP contribution in [0.15, 0.2) is 35.3 Å². The molecule has 29 heavy (non-hydrogen) atoms. The molecule has 2 N–H and O–H groups in total. The van der Waals surface area contributed by atoms with Crippen molar-refractivity contribution in [2.24, 2.45) is 4.99 Å². The molecular formula is C21H28ClN3O4. The second kappa shape index (κ2) is 11.3. The number of methoxy groups -OCH3 is 3. The lowest BCUT2D eigenvalue weighted by Crippen LogP contribution is -2.36. The van der Waals surface area contributed by atoms with Gasteiger partial charge < -0.3 is 29.6 Å². The summed E-state index contributed by atoms with van der Waals surface area (Å²) >= 11 is 6.07. The molecule has 0 aliphatic heterocycles. The molecule has 0 fully saturated rings. The Morgan fingerprint density at radius 3 is 2.14 bits per heavy atom. The van der Waals surface area contributed by atoms with Crippen LogP contribution in [0.1, 0.15) is 18.1 Å². The van der Waals surface area contributed by atoms with Gasteiger partial charge >= 0.3 is 0 Å². The van der Waals surface area contributed by atoms with E-state index in [-0.39, 0.29) is 0 Å². The number of nitrogens with zero attached hydrogens (tertiary/aromatic N) is 1. The van der Waals surface area contributed by atoms with Crippen LogP contribution in [0, 0.1) is 0 Å². The van der Waals surface area contributed by atoms with E-state index in [1.165, 1.54) is 0 Å². The quantitative estimate of drug-likeness (QED) is 0.475. The Labute approximate surface area is 177 Å². The smallest absolute Gasteiger partial charge is 0.203 e. The predicted octanol–water partition coefficient (Wildman–Crippen LogP) is 3.63. The summed E-state index contributed by atoms with van der Waals surface area (Å²) in [5.74, 6) is 3.18. The van der Waals surface area contributed by atoms with Gasteiger partial charge in [-0.2, -0.15) is 0 Å². The van der Waals surface area contributed by atoms with Gasteiger partial charge in [0, 0.05) is 30.7 Å². The van der Waals surface area contributed by atoms with Gasteiger partial charge in [0.2, 0.25) is 5.75 Å². The second-order valence-corrected chi connectivity index (χ2v) is 6.43. The molecule has 158 valence electrons. The van der Waals surface area contributed by atoms with Crippen LogP contribution in [0.5, 0.6) is 23.0 Å². The molecule has 0 heterocycles. The SMILES string of the molecule is CCOc1cc(Cl)ccc1CNC(=NC)NCc1cc(OC)c(OC)c(OC)c1. The van der Waals surface area contributed by atoms with Crippen LogP contribution < -0.4 is 29.6 Å². The van der Waals surface area contributed by atoms with E-state index in [0.717, 1.165) is 16.9 Å². The van der Waals surface area contributed by atoms with E-state index in [4.69, 9.17) is 30.5 Å². The van der Waals surface area contributed by atoms with Gasteiger partial charge in [-0.05, 0) is 36.8 Å². The molecule has 0 atom stereocenters. The minimum Gasteiger partial charge on any atom is -0.493 e. The number of rotatable bonds is 9. The van der Waals surface area contributed by atoms with E-state index < -0.39 is 0 Å². The summed E-state index contributed by atoms with van der Waals surface area (Å²) in [4.78, 5) is 4.27. The van der Waals surface area contributed by atoms with Crippen LogP contribution in [0.3, 0.4) is 0 Å². The molecule has 0 aromatic heterocycles. The van der Waals surface area contributed by atoms with Gasteiger partial charge in [0.1, 0.15) is 5.75 Å². The Hall–Kier alpha value is -2.80. The van der Waals surface area contributed by atoms with Gasteiger partial charge in [0.15, 0.2) is 17.5 Å². The topological polar surface area (TPSA) is 73.3 Å². The second-order valence-electron chi connectivity index (χ2n) is 6.00. The highest BCUT2D eigenvalue weighted by molar-refractivity contribution is 6.30. The van der Waals surface area contributed by atoms with Crippen molar-refractivity contribution in [1.29, 1.82) is 0 Å². The fourth-order valence-corrected chi connectivity index (χ4v) is 2.95. The fourth-order valence-electron chi connectivity index (χ4n) is 2.79.